The van der Waals surface area contributed by atoms with Crippen LogP contribution < -0.4 is 0 Å². The Balaban J connectivity index is 2.50. The van der Waals surface area contributed by atoms with Crippen LogP contribution in [0.25, 0.3) is 0 Å². The van der Waals surface area contributed by atoms with Crippen molar-refractivity contribution in [3.05, 3.63) is 59.2 Å². The van der Waals surface area contributed by atoms with E-state index in [1.807, 2.05) is 25.1 Å². The van der Waals surface area contributed by atoms with Gasteiger partial charge in [-0.1, -0.05) is 64.4 Å². The van der Waals surface area contributed by atoms with E-state index in [0.717, 1.165) is 32.4 Å². The first-order valence-corrected chi connectivity index (χ1v) is 11.0. The summed E-state index contributed by atoms with van der Waals surface area (Å²) in [6, 6.07) is 13.2. The number of hydrogen-bond donors (Lipinski definition) is 0. The van der Waals surface area contributed by atoms with Crippen molar-refractivity contribution in [3.8, 4) is 0 Å². The lowest BCUT2D eigenvalue weighted by molar-refractivity contribution is 0.577. The molecule has 130 valence electrons. The van der Waals surface area contributed by atoms with Crippen LogP contribution in [0.1, 0.15) is 57.2 Å². The van der Waals surface area contributed by atoms with E-state index in [1.54, 1.807) is 12.1 Å². The minimum atomic E-state index is -3.44. The van der Waals surface area contributed by atoms with Crippen LogP contribution in [-0.4, -0.2) is 8.42 Å². The van der Waals surface area contributed by atoms with E-state index in [2.05, 4.69) is 46.8 Å². The van der Waals surface area contributed by atoms with Gasteiger partial charge >= 0.3 is 0 Å². The van der Waals surface area contributed by atoms with E-state index in [1.165, 1.54) is 0 Å². The van der Waals surface area contributed by atoms with Gasteiger partial charge in [0.05, 0.1) is 4.90 Å². The van der Waals surface area contributed by atoms with Crippen molar-refractivity contribution in [1.29, 1.82) is 0 Å². The smallest absolute Gasteiger partial charge is 0.212 e. The monoisotopic (exact) mass is 362 g/mol. The minimum absolute atomic E-state index is 0.110. The molecule has 0 N–H and O–H groups in total. The first-order valence-electron chi connectivity index (χ1n) is 8.16. The topological polar surface area (TPSA) is 34.1 Å². The number of rotatable bonds is 4. The van der Waals surface area contributed by atoms with Gasteiger partial charge in [0.25, 0.3) is 0 Å². The predicted molar refractivity (Wildman–Crippen MR) is 103 cm³/mol. The molecule has 0 aliphatic rings. The molecular weight excluding hydrogens is 336 g/mol. The maximum absolute atomic E-state index is 12.8. The molecule has 0 fully saturated rings. The van der Waals surface area contributed by atoms with E-state index in [4.69, 9.17) is 0 Å². The molecule has 0 spiro atoms. The molecule has 0 aliphatic carbocycles. The second-order valence-electron chi connectivity index (χ2n) is 7.51. The third-order valence-corrected chi connectivity index (χ3v) is 7.35. The highest BCUT2D eigenvalue weighted by molar-refractivity contribution is 8.72. The quantitative estimate of drug-likeness (QED) is 0.635. The lowest BCUT2D eigenvalue weighted by Crippen LogP contribution is -2.13. The van der Waals surface area contributed by atoms with Crippen LogP contribution in [0.4, 0.5) is 0 Å². The molecule has 0 heterocycles. The Morgan fingerprint density at radius 3 is 2.04 bits per heavy atom. The van der Waals surface area contributed by atoms with Crippen LogP contribution >= 0.6 is 10.8 Å². The lowest BCUT2D eigenvalue weighted by atomic mass is 9.86. The Labute approximate surface area is 150 Å². The molecule has 0 amide bonds. The Hall–Kier alpha value is -1.26. The maximum atomic E-state index is 12.8. The summed E-state index contributed by atoms with van der Waals surface area (Å²) in [7, 11) is -2.48. The van der Waals surface area contributed by atoms with E-state index < -0.39 is 8.87 Å². The Morgan fingerprint density at radius 2 is 1.54 bits per heavy atom. The average molecular weight is 363 g/mol. The first-order chi connectivity index (χ1) is 11.0. The average Bonchev–Trinajstić information content (AvgIpc) is 2.45. The molecule has 4 heteroatoms. The van der Waals surface area contributed by atoms with Crippen molar-refractivity contribution in [1.82, 2.24) is 0 Å². The fourth-order valence-corrected chi connectivity index (χ4v) is 5.65. The van der Waals surface area contributed by atoms with Gasteiger partial charge in [0.2, 0.25) is 8.87 Å². The van der Waals surface area contributed by atoms with Gasteiger partial charge in [0.1, 0.15) is 0 Å². The van der Waals surface area contributed by atoms with E-state index in [0.29, 0.717) is 10.8 Å². The van der Waals surface area contributed by atoms with Crippen molar-refractivity contribution in [2.24, 2.45) is 0 Å². The van der Waals surface area contributed by atoms with E-state index in [9.17, 15) is 8.42 Å². The summed E-state index contributed by atoms with van der Waals surface area (Å²) in [4.78, 5) is 1.18. The third-order valence-electron chi connectivity index (χ3n) is 3.99. The lowest BCUT2D eigenvalue weighted by Gasteiger charge is -2.23. The zero-order chi connectivity index (χ0) is 18.1. The SMILES string of the molecule is Cc1ccc(S(=O)(=O)Sc2cc(C(C)C)ccc2C(C)(C)C)cc1. The molecule has 2 rings (SSSR count). The largest absolute Gasteiger partial charge is 0.234 e. The van der Waals surface area contributed by atoms with Crippen molar-refractivity contribution in [3.63, 3.8) is 0 Å². The molecular formula is C20H26O2S2. The second kappa shape index (κ2) is 6.93. The van der Waals surface area contributed by atoms with Gasteiger partial charge in [-0.05, 0) is 47.6 Å². The van der Waals surface area contributed by atoms with E-state index >= 15 is 0 Å². The summed E-state index contributed by atoms with van der Waals surface area (Å²) in [5, 5.41) is 0. The van der Waals surface area contributed by atoms with E-state index in [-0.39, 0.29) is 5.41 Å². The molecule has 0 radical (unpaired) electrons. The van der Waals surface area contributed by atoms with Gasteiger partial charge in [0, 0.05) is 15.7 Å². The minimum Gasteiger partial charge on any atom is -0.212 e. The zero-order valence-electron chi connectivity index (χ0n) is 15.3. The number of hydrogen-bond acceptors (Lipinski definition) is 3. The van der Waals surface area contributed by atoms with Crippen molar-refractivity contribution in [2.75, 3.05) is 0 Å². The highest BCUT2D eigenvalue weighted by atomic mass is 33.1. The molecule has 2 aromatic rings. The zero-order valence-corrected chi connectivity index (χ0v) is 16.9. The molecule has 0 aliphatic heterocycles. The molecule has 0 saturated heterocycles. The standard InChI is InChI=1S/C20H26O2S2/c1-14(2)16-9-12-18(20(4,5)6)19(13-16)23-24(21,22)17-10-7-15(3)8-11-17/h7-14H,1-6H3. The van der Waals surface area contributed by atoms with Crippen LogP contribution in [-0.2, 0) is 14.3 Å². The Bertz CT molecular complexity index is 812. The fraction of sp³-hybridized carbons (Fsp3) is 0.400. The third kappa shape index (κ3) is 4.42. The number of benzene rings is 2. The van der Waals surface area contributed by atoms with Crippen LogP contribution in [0.15, 0.2) is 52.3 Å². The van der Waals surface area contributed by atoms with Gasteiger partial charge < -0.3 is 0 Å². The maximum Gasteiger partial charge on any atom is 0.234 e. The second-order valence-corrected chi connectivity index (χ2v) is 11.3. The van der Waals surface area contributed by atoms with Crippen LogP contribution in [0.3, 0.4) is 0 Å². The van der Waals surface area contributed by atoms with Gasteiger partial charge in [-0.2, -0.15) is 0 Å². The van der Waals surface area contributed by atoms with Gasteiger partial charge in [-0.3, -0.25) is 0 Å². The molecule has 0 saturated carbocycles. The Morgan fingerprint density at radius 1 is 0.958 bits per heavy atom. The van der Waals surface area contributed by atoms with Crippen molar-refractivity contribution < 1.29 is 8.42 Å². The highest BCUT2D eigenvalue weighted by Gasteiger charge is 2.24. The summed E-state index contributed by atoms with van der Waals surface area (Å²) in [5.41, 5.74) is 3.16. The van der Waals surface area contributed by atoms with Crippen LogP contribution in [0, 0.1) is 6.92 Å². The summed E-state index contributed by atoms with van der Waals surface area (Å²) in [6.45, 7) is 12.5. The molecule has 24 heavy (non-hydrogen) atoms. The highest BCUT2D eigenvalue weighted by Crippen LogP contribution is 2.39. The molecule has 0 bridgehead atoms. The van der Waals surface area contributed by atoms with Crippen molar-refractivity contribution >= 4 is 19.7 Å². The Kier molecular flexibility index (Phi) is 5.50. The normalized spacial score (nSPS) is 12.6. The summed E-state index contributed by atoms with van der Waals surface area (Å²) in [5.74, 6) is 0.362. The van der Waals surface area contributed by atoms with Crippen LogP contribution in [0.5, 0.6) is 0 Å². The van der Waals surface area contributed by atoms with Gasteiger partial charge in [0.15, 0.2) is 0 Å². The fourth-order valence-electron chi connectivity index (χ4n) is 2.46. The van der Waals surface area contributed by atoms with Crippen LogP contribution in [0.2, 0.25) is 0 Å². The molecule has 2 aromatic carbocycles. The predicted octanol–water partition coefficient (Wildman–Crippen LogP) is 5.90. The molecule has 0 aromatic heterocycles. The number of aryl methyl sites for hydroxylation is 1. The first kappa shape index (κ1) is 19.1. The van der Waals surface area contributed by atoms with Gasteiger partial charge in [-0.15, -0.1) is 0 Å². The van der Waals surface area contributed by atoms with Crippen molar-refractivity contribution in [2.45, 2.75) is 62.7 Å². The summed E-state index contributed by atoms with van der Waals surface area (Å²) < 4.78 is 25.7. The molecule has 2 nitrogen and oxygen atoms in total. The molecule has 0 unspecified atom stereocenters. The summed E-state index contributed by atoms with van der Waals surface area (Å²) >= 11 is 0. The summed E-state index contributed by atoms with van der Waals surface area (Å²) in [6.07, 6.45) is 0. The van der Waals surface area contributed by atoms with Gasteiger partial charge in [-0.25, -0.2) is 8.42 Å². The molecule has 0 atom stereocenters.